The van der Waals surface area contributed by atoms with Gasteiger partial charge in [0, 0.05) is 32.1 Å². The lowest BCUT2D eigenvalue weighted by molar-refractivity contribution is -0.141. The molecular weight excluding hydrogens is 266 g/mol. The Balaban J connectivity index is 1.56. The van der Waals surface area contributed by atoms with E-state index in [1.807, 2.05) is 35.2 Å². The fourth-order valence-corrected chi connectivity index (χ4v) is 2.74. The van der Waals surface area contributed by atoms with E-state index >= 15 is 0 Å². The molecule has 0 radical (unpaired) electrons. The van der Waals surface area contributed by atoms with E-state index in [1.54, 1.807) is 4.90 Å². The van der Waals surface area contributed by atoms with Gasteiger partial charge < -0.3 is 15.5 Å². The van der Waals surface area contributed by atoms with Gasteiger partial charge in [-0.2, -0.15) is 0 Å². The van der Waals surface area contributed by atoms with E-state index in [-0.39, 0.29) is 17.7 Å². The molecule has 1 aliphatic carbocycles. The largest absolute Gasteiger partial charge is 0.339 e. The molecule has 3 rings (SSSR count). The van der Waals surface area contributed by atoms with Crippen LogP contribution in [0.1, 0.15) is 24.4 Å². The van der Waals surface area contributed by atoms with Crippen molar-refractivity contribution in [2.45, 2.75) is 18.9 Å². The molecular formula is C16H21N3O2. The molecule has 21 heavy (non-hydrogen) atoms. The summed E-state index contributed by atoms with van der Waals surface area (Å²) < 4.78 is 0. The lowest BCUT2D eigenvalue weighted by Crippen LogP contribution is -2.52. The van der Waals surface area contributed by atoms with Crippen molar-refractivity contribution in [3.05, 3.63) is 35.9 Å². The molecule has 1 saturated heterocycles. The Morgan fingerprint density at radius 1 is 1.00 bits per heavy atom. The molecule has 5 nitrogen and oxygen atoms in total. The van der Waals surface area contributed by atoms with E-state index in [2.05, 4.69) is 0 Å². The molecule has 0 spiro atoms. The summed E-state index contributed by atoms with van der Waals surface area (Å²) in [5, 5.41) is 0. The highest BCUT2D eigenvalue weighted by Gasteiger charge is 2.35. The molecule has 0 unspecified atom stereocenters. The maximum absolute atomic E-state index is 12.4. The van der Waals surface area contributed by atoms with Crippen LogP contribution in [-0.2, 0) is 9.59 Å². The molecule has 112 valence electrons. The molecule has 2 fully saturated rings. The molecule has 2 amide bonds. The van der Waals surface area contributed by atoms with Crippen LogP contribution in [0.25, 0.3) is 0 Å². The third-order valence-corrected chi connectivity index (χ3v) is 4.25. The highest BCUT2D eigenvalue weighted by Crippen LogP contribution is 2.31. The Morgan fingerprint density at radius 3 is 2.14 bits per heavy atom. The number of hydrogen-bond acceptors (Lipinski definition) is 3. The van der Waals surface area contributed by atoms with Gasteiger partial charge in [-0.05, 0) is 18.4 Å². The summed E-state index contributed by atoms with van der Waals surface area (Å²) in [5.41, 5.74) is 6.88. The molecule has 1 atom stereocenters. The monoisotopic (exact) mass is 287 g/mol. The Morgan fingerprint density at radius 2 is 1.57 bits per heavy atom. The molecule has 1 heterocycles. The first-order valence-corrected chi connectivity index (χ1v) is 7.55. The number of nitrogens with zero attached hydrogens (tertiary/aromatic N) is 2. The zero-order valence-corrected chi connectivity index (χ0v) is 12.1. The number of amides is 2. The van der Waals surface area contributed by atoms with E-state index in [9.17, 15) is 9.59 Å². The fraction of sp³-hybridized carbons (Fsp3) is 0.500. The van der Waals surface area contributed by atoms with Crippen molar-refractivity contribution in [1.29, 1.82) is 0 Å². The van der Waals surface area contributed by atoms with E-state index in [0.29, 0.717) is 26.2 Å². The third-order valence-electron chi connectivity index (χ3n) is 4.25. The molecule has 5 heteroatoms. The highest BCUT2D eigenvalue weighted by molar-refractivity contribution is 5.84. The van der Waals surface area contributed by atoms with Crippen LogP contribution in [0.2, 0.25) is 0 Å². The second-order valence-electron chi connectivity index (χ2n) is 5.81. The van der Waals surface area contributed by atoms with E-state index < -0.39 is 6.04 Å². The normalized spacial score (nSPS) is 20.2. The summed E-state index contributed by atoms with van der Waals surface area (Å²) in [5.74, 6) is 0.452. The lowest BCUT2D eigenvalue weighted by Gasteiger charge is -2.36. The smallest absolute Gasteiger partial charge is 0.244 e. The first kappa shape index (κ1) is 14.1. The van der Waals surface area contributed by atoms with Gasteiger partial charge in [0.05, 0.1) is 0 Å². The summed E-state index contributed by atoms with van der Waals surface area (Å²) >= 11 is 0. The fourth-order valence-electron chi connectivity index (χ4n) is 2.74. The molecule has 1 aromatic carbocycles. The number of hydrogen-bond donors (Lipinski definition) is 1. The van der Waals surface area contributed by atoms with Gasteiger partial charge in [0.1, 0.15) is 6.04 Å². The molecule has 1 aromatic rings. The number of carbonyl (C=O) groups is 2. The zero-order chi connectivity index (χ0) is 14.8. The van der Waals surface area contributed by atoms with E-state index in [1.165, 1.54) is 0 Å². The minimum absolute atomic E-state index is 0.0558. The minimum Gasteiger partial charge on any atom is -0.339 e. The van der Waals surface area contributed by atoms with Gasteiger partial charge in [-0.15, -0.1) is 0 Å². The van der Waals surface area contributed by atoms with Crippen molar-refractivity contribution in [1.82, 2.24) is 9.80 Å². The van der Waals surface area contributed by atoms with E-state index in [0.717, 1.165) is 18.4 Å². The second kappa shape index (κ2) is 5.85. The van der Waals surface area contributed by atoms with Crippen LogP contribution in [0, 0.1) is 5.92 Å². The minimum atomic E-state index is -0.614. The highest BCUT2D eigenvalue weighted by atomic mass is 16.2. The van der Waals surface area contributed by atoms with Gasteiger partial charge in [-0.25, -0.2) is 0 Å². The van der Waals surface area contributed by atoms with Crippen LogP contribution in [-0.4, -0.2) is 47.8 Å². The van der Waals surface area contributed by atoms with Crippen molar-refractivity contribution < 1.29 is 9.59 Å². The van der Waals surface area contributed by atoms with Crippen LogP contribution >= 0.6 is 0 Å². The third kappa shape index (κ3) is 3.08. The first-order chi connectivity index (χ1) is 10.2. The van der Waals surface area contributed by atoms with Crippen molar-refractivity contribution >= 4 is 11.8 Å². The van der Waals surface area contributed by atoms with Gasteiger partial charge >= 0.3 is 0 Å². The number of nitrogens with two attached hydrogens (primary N) is 1. The Kier molecular flexibility index (Phi) is 3.92. The topological polar surface area (TPSA) is 66.6 Å². The Labute approximate surface area is 124 Å². The van der Waals surface area contributed by atoms with Gasteiger partial charge in [-0.1, -0.05) is 30.3 Å². The molecule has 0 aromatic heterocycles. The molecule has 2 N–H and O–H groups in total. The van der Waals surface area contributed by atoms with Gasteiger partial charge in [0.25, 0.3) is 0 Å². The molecule has 1 saturated carbocycles. The number of piperazine rings is 1. The molecule has 0 bridgehead atoms. The summed E-state index contributed by atoms with van der Waals surface area (Å²) in [7, 11) is 0. The summed E-state index contributed by atoms with van der Waals surface area (Å²) in [4.78, 5) is 28.1. The number of carbonyl (C=O) groups excluding carboxylic acids is 2. The number of rotatable bonds is 3. The maximum atomic E-state index is 12.4. The van der Waals surface area contributed by atoms with Crippen LogP contribution in [0.5, 0.6) is 0 Å². The van der Waals surface area contributed by atoms with Crippen molar-refractivity contribution in [2.75, 3.05) is 26.2 Å². The zero-order valence-electron chi connectivity index (χ0n) is 12.1. The van der Waals surface area contributed by atoms with Crippen LogP contribution in [0.3, 0.4) is 0 Å². The Bertz CT molecular complexity index is 520. The van der Waals surface area contributed by atoms with Crippen molar-refractivity contribution in [3.63, 3.8) is 0 Å². The average molecular weight is 287 g/mol. The van der Waals surface area contributed by atoms with Gasteiger partial charge in [0.15, 0.2) is 0 Å². The Hall–Kier alpha value is -1.88. The lowest BCUT2D eigenvalue weighted by atomic mass is 10.1. The van der Waals surface area contributed by atoms with Gasteiger partial charge in [0.2, 0.25) is 11.8 Å². The second-order valence-corrected chi connectivity index (χ2v) is 5.81. The maximum Gasteiger partial charge on any atom is 0.244 e. The first-order valence-electron chi connectivity index (χ1n) is 7.55. The average Bonchev–Trinajstić information content (AvgIpc) is 3.39. The van der Waals surface area contributed by atoms with Crippen LogP contribution in [0.4, 0.5) is 0 Å². The predicted octanol–water partition coefficient (Wildman–Crippen LogP) is 0.767. The summed E-state index contributed by atoms with van der Waals surface area (Å²) in [6.07, 6.45) is 2.05. The van der Waals surface area contributed by atoms with E-state index in [4.69, 9.17) is 5.73 Å². The summed E-state index contributed by atoms with van der Waals surface area (Å²) in [6, 6.07) is 8.80. The standard InChI is InChI=1S/C16H21N3O2/c17-14(12-4-2-1-3-5-12)16(21)19-10-8-18(9-11-19)15(20)13-6-7-13/h1-5,13-14H,6-11,17H2/t14-/m0/s1. The number of benzene rings is 1. The molecule has 2 aliphatic rings. The molecule has 1 aliphatic heterocycles. The van der Waals surface area contributed by atoms with Crippen LogP contribution in [0.15, 0.2) is 30.3 Å². The predicted molar refractivity (Wildman–Crippen MR) is 79.3 cm³/mol. The van der Waals surface area contributed by atoms with Crippen molar-refractivity contribution in [3.8, 4) is 0 Å². The SMILES string of the molecule is N[C@H](C(=O)N1CCN(C(=O)C2CC2)CC1)c1ccccc1. The van der Waals surface area contributed by atoms with Crippen molar-refractivity contribution in [2.24, 2.45) is 11.7 Å². The van der Waals surface area contributed by atoms with Gasteiger partial charge in [-0.3, -0.25) is 9.59 Å². The summed E-state index contributed by atoms with van der Waals surface area (Å²) in [6.45, 7) is 2.42. The van der Waals surface area contributed by atoms with Crippen LogP contribution < -0.4 is 5.73 Å². The quantitative estimate of drug-likeness (QED) is 0.893.